The van der Waals surface area contributed by atoms with Gasteiger partial charge in [-0.15, -0.1) is 0 Å². The molecule has 118 valence electrons. The Bertz CT molecular complexity index is 560. The summed E-state index contributed by atoms with van der Waals surface area (Å²) in [7, 11) is 1.17. The highest BCUT2D eigenvalue weighted by molar-refractivity contribution is 5.92. The Morgan fingerprint density at radius 2 is 1.73 bits per heavy atom. The monoisotopic (exact) mass is 308 g/mol. The minimum atomic E-state index is -1.11. The molecule has 0 aliphatic heterocycles. The van der Waals surface area contributed by atoms with Crippen LogP contribution in [0.25, 0.3) is 0 Å². The quantitative estimate of drug-likeness (QED) is 0.481. The second-order valence-electron chi connectivity index (χ2n) is 4.11. The molecular formula is C15H16O7. The number of benzene rings is 1. The largest absolute Gasteiger partial charge is 0.508 e. The first kappa shape index (κ1) is 17.2. The third-order valence-electron chi connectivity index (χ3n) is 2.50. The molecule has 0 saturated carbocycles. The summed E-state index contributed by atoms with van der Waals surface area (Å²) < 4.78 is 14.2. The maximum Gasteiger partial charge on any atom is 0.352 e. The summed E-state index contributed by atoms with van der Waals surface area (Å²) in [6.07, 6.45) is 0.848. The number of ether oxygens (including phenoxy) is 3. The molecule has 0 aliphatic rings. The number of carbonyl (C=O) groups is 3. The maximum absolute atomic E-state index is 11.9. The molecule has 0 aromatic heterocycles. The summed E-state index contributed by atoms with van der Waals surface area (Å²) in [4.78, 5) is 34.2. The smallest absolute Gasteiger partial charge is 0.352 e. The highest BCUT2D eigenvalue weighted by Gasteiger charge is 2.22. The number of methoxy groups -OCH3 is 1. The number of carbonyl (C=O) groups excluding carboxylic acids is 3. The van der Waals surface area contributed by atoms with Crippen molar-refractivity contribution in [2.75, 3.05) is 7.11 Å². The van der Waals surface area contributed by atoms with E-state index in [0.717, 1.165) is 12.2 Å². The number of phenolic OH excluding ortho intramolecular Hbond substituents is 1. The first-order chi connectivity index (χ1) is 10.5. The summed E-state index contributed by atoms with van der Waals surface area (Å²) in [5, 5.41) is 9.13. The normalized spacial score (nSPS) is 11.7. The van der Waals surface area contributed by atoms with Crippen LogP contribution in [-0.2, 0) is 23.9 Å². The van der Waals surface area contributed by atoms with Gasteiger partial charge < -0.3 is 19.3 Å². The average molecular weight is 308 g/mol. The molecule has 1 aromatic rings. The van der Waals surface area contributed by atoms with Crippen molar-refractivity contribution in [1.82, 2.24) is 0 Å². The molecule has 1 unspecified atom stereocenters. The second-order valence-corrected chi connectivity index (χ2v) is 4.11. The standard InChI is InChI=1S/C15H16O7/c1-3-12(22-14(18)9-8-13(17)20-2)15(19)21-11-6-4-10(16)5-7-11/h4-9,12,16H,3H2,1-2H3/b9-8-. The van der Waals surface area contributed by atoms with E-state index < -0.39 is 24.0 Å². The van der Waals surface area contributed by atoms with E-state index >= 15 is 0 Å². The fourth-order valence-corrected chi connectivity index (χ4v) is 1.38. The highest BCUT2D eigenvalue weighted by Crippen LogP contribution is 2.17. The van der Waals surface area contributed by atoms with E-state index in [2.05, 4.69) is 4.74 Å². The molecule has 1 rings (SSSR count). The summed E-state index contributed by atoms with van der Waals surface area (Å²) >= 11 is 0. The molecule has 0 heterocycles. The van der Waals surface area contributed by atoms with Crippen LogP contribution < -0.4 is 4.74 Å². The summed E-state index contributed by atoms with van der Waals surface area (Å²) in [6.45, 7) is 1.64. The number of hydrogen-bond acceptors (Lipinski definition) is 7. The van der Waals surface area contributed by atoms with E-state index in [9.17, 15) is 14.4 Å². The molecule has 0 amide bonds. The molecule has 0 aliphatic carbocycles. The molecule has 0 saturated heterocycles. The molecule has 0 spiro atoms. The lowest BCUT2D eigenvalue weighted by Gasteiger charge is -2.14. The number of phenols is 1. The van der Waals surface area contributed by atoms with Crippen LogP contribution in [0, 0.1) is 0 Å². The number of aromatic hydroxyl groups is 1. The predicted octanol–water partition coefficient (Wildman–Crippen LogP) is 1.35. The first-order valence-electron chi connectivity index (χ1n) is 6.43. The van der Waals surface area contributed by atoms with Crippen LogP contribution in [-0.4, -0.2) is 36.2 Å². The zero-order valence-corrected chi connectivity index (χ0v) is 12.1. The van der Waals surface area contributed by atoms with Gasteiger partial charge in [0.25, 0.3) is 0 Å². The van der Waals surface area contributed by atoms with Gasteiger partial charge in [0.1, 0.15) is 11.5 Å². The lowest BCUT2D eigenvalue weighted by molar-refractivity contribution is -0.159. The number of esters is 3. The van der Waals surface area contributed by atoms with E-state index in [4.69, 9.17) is 14.6 Å². The Kier molecular flexibility index (Phi) is 6.62. The van der Waals surface area contributed by atoms with Crippen molar-refractivity contribution in [1.29, 1.82) is 0 Å². The maximum atomic E-state index is 11.9. The van der Waals surface area contributed by atoms with Gasteiger partial charge in [0.2, 0.25) is 0 Å². The van der Waals surface area contributed by atoms with Crippen LogP contribution in [0.15, 0.2) is 36.4 Å². The van der Waals surface area contributed by atoms with E-state index in [-0.39, 0.29) is 17.9 Å². The van der Waals surface area contributed by atoms with Crippen molar-refractivity contribution in [3.63, 3.8) is 0 Å². The minimum absolute atomic E-state index is 0.0335. The first-order valence-corrected chi connectivity index (χ1v) is 6.43. The third-order valence-corrected chi connectivity index (χ3v) is 2.50. The van der Waals surface area contributed by atoms with Gasteiger partial charge in [-0.25, -0.2) is 14.4 Å². The molecule has 1 N–H and O–H groups in total. The van der Waals surface area contributed by atoms with Crippen LogP contribution in [0.4, 0.5) is 0 Å². The van der Waals surface area contributed by atoms with Gasteiger partial charge in [-0.2, -0.15) is 0 Å². The average Bonchev–Trinajstić information content (AvgIpc) is 2.52. The van der Waals surface area contributed by atoms with E-state index in [0.29, 0.717) is 0 Å². The number of rotatable bonds is 6. The lowest BCUT2D eigenvalue weighted by Crippen LogP contribution is -2.30. The van der Waals surface area contributed by atoms with E-state index in [1.807, 2.05) is 0 Å². The Balaban J connectivity index is 2.61. The van der Waals surface area contributed by atoms with E-state index in [1.54, 1.807) is 6.92 Å². The molecule has 0 bridgehead atoms. The molecule has 1 atom stereocenters. The minimum Gasteiger partial charge on any atom is -0.508 e. The molecule has 0 radical (unpaired) electrons. The Labute approximate surface area is 127 Å². The molecule has 7 nitrogen and oxygen atoms in total. The number of hydrogen-bond donors (Lipinski definition) is 1. The van der Waals surface area contributed by atoms with Crippen LogP contribution >= 0.6 is 0 Å². The fraction of sp³-hybridized carbons (Fsp3) is 0.267. The second kappa shape index (κ2) is 8.46. The highest BCUT2D eigenvalue weighted by atomic mass is 16.6. The van der Waals surface area contributed by atoms with Gasteiger partial charge in [-0.05, 0) is 30.7 Å². The Morgan fingerprint density at radius 3 is 2.27 bits per heavy atom. The summed E-state index contributed by atoms with van der Waals surface area (Å²) in [5.74, 6) is -2.09. The zero-order valence-electron chi connectivity index (χ0n) is 12.1. The van der Waals surface area contributed by atoms with Crippen molar-refractivity contribution in [2.24, 2.45) is 0 Å². The van der Waals surface area contributed by atoms with Crippen molar-refractivity contribution in [2.45, 2.75) is 19.4 Å². The van der Waals surface area contributed by atoms with Gasteiger partial charge in [-0.1, -0.05) is 6.92 Å². The van der Waals surface area contributed by atoms with Crippen molar-refractivity contribution in [3.8, 4) is 11.5 Å². The van der Waals surface area contributed by atoms with Gasteiger partial charge in [0.15, 0.2) is 6.10 Å². The van der Waals surface area contributed by atoms with Crippen LogP contribution in [0.3, 0.4) is 0 Å². The predicted molar refractivity (Wildman–Crippen MR) is 75.1 cm³/mol. The lowest BCUT2D eigenvalue weighted by atomic mass is 10.2. The van der Waals surface area contributed by atoms with Gasteiger partial charge >= 0.3 is 17.9 Å². The molecule has 22 heavy (non-hydrogen) atoms. The summed E-state index contributed by atoms with van der Waals surface area (Å²) in [6, 6.07) is 5.52. The Morgan fingerprint density at radius 1 is 1.14 bits per heavy atom. The van der Waals surface area contributed by atoms with Crippen LogP contribution in [0.1, 0.15) is 13.3 Å². The van der Waals surface area contributed by atoms with Gasteiger partial charge in [0.05, 0.1) is 7.11 Å². The zero-order chi connectivity index (χ0) is 16.5. The molecular weight excluding hydrogens is 292 g/mol. The Hall–Kier alpha value is -2.83. The topological polar surface area (TPSA) is 99.1 Å². The molecule has 1 aromatic carbocycles. The van der Waals surface area contributed by atoms with Crippen LogP contribution in [0.5, 0.6) is 11.5 Å². The van der Waals surface area contributed by atoms with Crippen LogP contribution in [0.2, 0.25) is 0 Å². The molecule has 0 fully saturated rings. The van der Waals surface area contributed by atoms with Gasteiger partial charge in [0, 0.05) is 12.2 Å². The fourth-order valence-electron chi connectivity index (χ4n) is 1.38. The van der Waals surface area contributed by atoms with Crippen molar-refractivity contribution >= 4 is 17.9 Å². The van der Waals surface area contributed by atoms with Crippen molar-refractivity contribution in [3.05, 3.63) is 36.4 Å². The van der Waals surface area contributed by atoms with Crippen molar-refractivity contribution < 1.29 is 33.7 Å². The molecule has 7 heteroatoms. The SMILES string of the molecule is CCC(OC(=O)/C=C\C(=O)OC)C(=O)Oc1ccc(O)cc1. The summed E-state index contributed by atoms with van der Waals surface area (Å²) in [5.41, 5.74) is 0. The third kappa shape index (κ3) is 5.66. The van der Waals surface area contributed by atoms with Gasteiger partial charge in [-0.3, -0.25) is 0 Å². The van der Waals surface area contributed by atoms with E-state index in [1.165, 1.54) is 31.4 Å².